The minimum absolute atomic E-state index is 0.181. The Morgan fingerprint density at radius 3 is 2.73 bits per heavy atom. The van der Waals surface area contributed by atoms with E-state index in [4.69, 9.17) is 5.26 Å². The van der Waals surface area contributed by atoms with Gasteiger partial charge in [0.2, 0.25) is 5.91 Å². The topological polar surface area (TPSA) is 63.5 Å². The van der Waals surface area contributed by atoms with E-state index >= 15 is 0 Å². The number of hydrogen-bond donors (Lipinski definition) is 0. The molecule has 6 nitrogen and oxygen atoms in total. The van der Waals surface area contributed by atoms with Gasteiger partial charge in [0.05, 0.1) is 18.2 Å². The Hall–Kier alpha value is -3.07. The largest absolute Gasteiger partial charge is 0.362 e. The van der Waals surface area contributed by atoms with E-state index in [-0.39, 0.29) is 5.91 Å². The molecule has 2 aliphatic rings. The summed E-state index contributed by atoms with van der Waals surface area (Å²) in [4.78, 5) is 23.3. The maximum atomic E-state index is 12.7. The smallest absolute Gasteiger partial charge is 0.242 e. The molecule has 0 spiro atoms. The summed E-state index contributed by atoms with van der Waals surface area (Å²) in [6.45, 7) is 4.21. The number of nitriles is 1. The van der Waals surface area contributed by atoms with Crippen LogP contribution in [-0.2, 0) is 11.2 Å². The lowest BCUT2D eigenvalue weighted by atomic mass is 10.2. The van der Waals surface area contributed by atoms with Gasteiger partial charge in [-0.1, -0.05) is 18.2 Å². The molecule has 1 aromatic heterocycles. The molecule has 0 atom stereocenters. The third-order valence-corrected chi connectivity index (χ3v) is 5.14. The molecule has 0 bridgehead atoms. The van der Waals surface area contributed by atoms with Crippen molar-refractivity contribution in [2.24, 2.45) is 0 Å². The summed E-state index contributed by atoms with van der Waals surface area (Å²) in [6.07, 6.45) is 2.67. The lowest BCUT2D eigenvalue weighted by Gasteiger charge is -2.36. The van der Waals surface area contributed by atoms with Crippen LogP contribution < -0.4 is 9.80 Å². The highest BCUT2D eigenvalue weighted by molar-refractivity contribution is 5.82. The fourth-order valence-corrected chi connectivity index (χ4v) is 3.68. The molecule has 6 heteroatoms. The van der Waals surface area contributed by atoms with Crippen LogP contribution in [0.1, 0.15) is 11.1 Å². The summed E-state index contributed by atoms with van der Waals surface area (Å²) in [5, 5.41) is 9.03. The van der Waals surface area contributed by atoms with Crippen LogP contribution in [-0.4, -0.2) is 55.1 Å². The van der Waals surface area contributed by atoms with Gasteiger partial charge in [-0.15, -0.1) is 0 Å². The lowest BCUT2D eigenvalue weighted by Crippen LogP contribution is -2.51. The number of aromatic nitrogens is 1. The van der Waals surface area contributed by atoms with E-state index < -0.39 is 0 Å². The molecule has 1 amide bonds. The second-order valence-electron chi connectivity index (χ2n) is 6.68. The number of carbonyl (C=O) groups excluding carboxylic acids is 1. The number of fused-ring (bicyclic) bond motifs is 1. The lowest BCUT2D eigenvalue weighted by molar-refractivity contribution is -0.130. The highest BCUT2D eigenvalue weighted by Gasteiger charge is 2.26. The van der Waals surface area contributed by atoms with E-state index in [0.717, 1.165) is 31.9 Å². The number of rotatable bonds is 3. The van der Waals surface area contributed by atoms with Gasteiger partial charge < -0.3 is 14.7 Å². The van der Waals surface area contributed by atoms with Gasteiger partial charge in [0.25, 0.3) is 0 Å². The Kier molecular flexibility index (Phi) is 4.44. The van der Waals surface area contributed by atoms with E-state index in [0.29, 0.717) is 25.2 Å². The Balaban J connectivity index is 1.35. The highest BCUT2D eigenvalue weighted by atomic mass is 16.2. The van der Waals surface area contributed by atoms with Crippen LogP contribution in [0.25, 0.3) is 0 Å². The van der Waals surface area contributed by atoms with Gasteiger partial charge in [0.1, 0.15) is 5.82 Å². The number of hydrogen-bond acceptors (Lipinski definition) is 5. The molecule has 0 N–H and O–H groups in total. The standard InChI is InChI=1S/C20H21N5O/c21-14-16-5-7-22-19(13-16)23-9-11-24(12-10-23)20(26)15-25-8-6-17-3-1-2-4-18(17)25/h1-5,7,13H,6,8-12,15H2. The quantitative estimate of drug-likeness (QED) is 0.845. The van der Waals surface area contributed by atoms with Crippen LogP contribution in [0.15, 0.2) is 42.6 Å². The molecular weight excluding hydrogens is 326 g/mol. The monoisotopic (exact) mass is 347 g/mol. The third kappa shape index (κ3) is 3.21. The van der Waals surface area contributed by atoms with Crippen molar-refractivity contribution in [1.29, 1.82) is 5.26 Å². The fraction of sp³-hybridized carbons (Fsp3) is 0.350. The number of piperazine rings is 1. The molecule has 0 radical (unpaired) electrons. The fourth-order valence-electron chi connectivity index (χ4n) is 3.68. The minimum Gasteiger partial charge on any atom is -0.362 e. The van der Waals surface area contributed by atoms with E-state index in [1.165, 1.54) is 11.3 Å². The van der Waals surface area contributed by atoms with E-state index in [2.05, 4.69) is 39.1 Å². The molecule has 4 rings (SSSR count). The minimum atomic E-state index is 0.181. The predicted molar refractivity (Wildman–Crippen MR) is 100 cm³/mol. The van der Waals surface area contributed by atoms with Crippen LogP contribution in [0.2, 0.25) is 0 Å². The van der Waals surface area contributed by atoms with E-state index in [1.54, 1.807) is 18.3 Å². The Bertz CT molecular complexity index is 851. The molecule has 1 saturated heterocycles. The molecule has 2 aromatic rings. The Morgan fingerprint density at radius 2 is 1.92 bits per heavy atom. The van der Waals surface area contributed by atoms with Crippen molar-refractivity contribution in [3.05, 3.63) is 53.7 Å². The van der Waals surface area contributed by atoms with Crippen molar-refractivity contribution in [1.82, 2.24) is 9.88 Å². The number of para-hydroxylation sites is 1. The van der Waals surface area contributed by atoms with Crippen LogP contribution in [0.5, 0.6) is 0 Å². The first-order chi connectivity index (χ1) is 12.7. The predicted octanol–water partition coefficient (Wildman–Crippen LogP) is 1.66. The number of pyridine rings is 1. The second kappa shape index (κ2) is 7.04. The number of benzene rings is 1. The number of carbonyl (C=O) groups is 1. The molecule has 0 saturated carbocycles. The van der Waals surface area contributed by atoms with E-state index in [1.807, 2.05) is 11.0 Å². The zero-order valence-corrected chi connectivity index (χ0v) is 14.6. The maximum absolute atomic E-state index is 12.7. The average Bonchev–Trinajstić information content (AvgIpc) is 3.11. The molecule has 0 unspecified atom stereocenters. The van der Waals surface area contributed by atoms with Crippen LogP contribution in [0.3, 0.4) is 0 Å². The van der Waals surface area contributed by atoms with Crippen molar-refractivity contribution in [2.45, 2.75) is 6.42 Å². The summed E-state index contributed by atoms with van der Waals surface area (Å²) in [6, 6.07) is 14.0. The van der Waals surface area contributed by atoms with Crippen LogP contribution >= 0.6 is 0 Å². The zero-order valence-electron chi connectivity index (χ0n) is 14.6. The van der Waals surface area contributed by atoms with Gasteiger partial charge in [0.15, 0.2) is 0 Å². The van der Waals surface area contributed by atoms with E-state index in [9.17, 15) is 4.79 Å². The van der Waals surface area contributed by atoms with Crippen molar-refractivity contribution >= 4 is 17.4 Å². The molecule has 132 valence electrons. The molecule has 1 aromatic carbocycles. The summed E-state index contributed by atoms with van der Waals surface area (Å²) in [5.41, 5.74) is 3.13. The summed E-state index contributed by atoms with van der Waals surface area (Å²) in [7, 11) is 0. The number of nitrogens with zero attached hydrogens (tertiary/aromatic N) is 5. The van der Waals surface area contributed by atoms with Crippen molar-refractivity contribution in [2.75, 3.05) is 49.1 Å². The molecule has 2 aliphatic heterocycles. The van der Waals surface area contributed by atoms with Gasteiger partial charge in [-0.3, -0.25) is 4.79 Å². The van der Waals surface area contributed by atoms with Crippen LogP contribution in [0.4, 0.5) is 11.5 Å². The summed E-state index contributed by atoms with van der Waals surface area (Å²) < 4.78 is 0. The van der Waals surface area contributed by atoms with Gasteiger partial charge in [-0.25, -0.2) is 4.98 Å². The molecular formula is C20H21N5O. The maximum Gasteiger partial charge on any atom is 0.242 e. The summed E-state index contributed by atoms with van der Waals surface area (Å²) in [5.74, 6) is 0.990. The van der Waals surface area contributed by atoms with Gasteiger partial charge in [0, 0.05) is 44.6 Å². The molecule has 26 heavy (non-hydrogen) atoms. The SMILES string of the molecule is N#Cc1ccnc(N2CCN(C(=O)CN3CCc4ccccc43)CC2)c1. The van der Waals surface area contributed by atoms with Crippen molar-refractivity contribution in [3.63, 3.8) is 0 Å². The molecule has 0 aliphatic carbocycles. The Morgan fingerprint density at radius 1 is 1.12 bits per heavy atom. The van der Waals surface area contributed by atoms with Gasteiger partial charge in [-0.2, -0.15) is 5.26 Å². The first kappa shape index (κ1) is 16.4. The zero-order chi connectivity index (χ0) is 17.9. The normalized spacial score (nSPS) is 16.3. The second-order valence-corrected chi connectivity index (χ2v) is 6.68. The highest BCUT2D eigenvalue weighted by Crippen LogP contribution is 2.27. The van der Waals surface area contributed by atoms with Crippen molar-refractivity contribution in [3.8, 4) is 6.07 Å². The molecule has 3 heterocycles. The third-order valence-electron chi connectivity index (χ3n) is 5.14. The number of anilines is 2. The van der Waals surface area contributed by atoms with Crippen LogP contribution in [0, 0.1) is 11.3 Å². The average molecular weight is 347 g/mol. The van der Waals surface area contributed by atoms with Crippen molar-refractivity contribution < 1.29 is 4.79 Å². The first-order valence-electron chi connectivity index (χ1n) is 8.96. The molecule has 1 fully saturated rings. The number of amides is 1. The Labute approximate surface area is 153 Å². The van der Waals surface area contributed by atoms with Gasteiger partial charge in [-0.05, 0) is 30.2 Å². The summed E-state index contributed by atoms with van der Waals surface area (Å²) >= 11 is 0. The van der Waals surface area contributed by atoms with Gasteiger partial charge >= 0.3 is 0 Å². The first-order valence-corrected chi connectivity index (χ1v) is 8.96.